The van der Waals surface area contributed by atoms with Crippen LogP contribution in [0.5, 0.6) is 0 Å². The van der Waals surface area contributed by atoms with Crippen molar-refractivity contribution in [2.45, 2.75) is 64.6 Å². The van der Waals surface area contributed by atoms with Crippen molar-refractivity contribution in [2.24, 2.45) is 0 Å². The molecule has 0 unspecified atom stereocenters. The third-order valence-corrected chi connectivity index (χ3v) is 5.96. The summed E-state index contributed by atoms with van der Waals surface area (Å²) in [6.07, 6.45) is 9.08. The van der Waals surface area contributed by atoms with Gasteiger partial charge in [-0.3, -0.25) is 4.79 Å². The van der Waals surface area contributed by atoms with Gasteiger partial charge in [0.1, 0.15) is 0 Å². The zero-order valence-corrected chi connectivity index (χ0v) is 17.6. The second-order valence-electron chi connectivity index (χ2n) is 7.71. The topological polar surface area (TPSA) is 37.3 Å². The van der Waals surface area contributed by atoms with E-state index in [4.69, 9.17) is 11.6 Å². The molecule has 1 aliphatic carbocycles. The highest BCUT2D eigenvalue weighted by molar-refractivity contribution is 6.31. The fourth-order valence-corrected chi connectivity index (χ4v) is 4.21. The summed E-state index contributed by atoms with van der Waals surface area (Å²) >= 11 is 6.36. The highest BCUT2D eigenvalue weighted by Crippen LogP contribution is 2.25. The summed E-state index contributed by atoms with van der Waals surface area (Å²) in [4.78, 5) is 15.1. The van der Waals surface area contributed by atoms with Crippen molar-refractivity contribution in [2.75, 3.05) is 13.1 Å². The molecule has 0 radical (unpaired) electrons. The van der Waals surface area contributed by atoms with Crippen molar-refractivity contribution in [3.05, 3.63) is 58.9 Å². The Morgan fingerprint density at radius 1 is 1.18 bits per heavy atom. The summed E-state index contributed by atoms with van der Waals surface area (Å²) in [5.74, 6) is 0.214. The molecule has 1 N–H and O–H groups in total. The number of hydrogen-bond donors (Lipinski definition) is 1. The van der Waals surface area contributed by atoms with Crippen molar-refractivity contribution in [3.63, 3.8) is 0 Å². The van der Waals surface area contributed by atoms with Crippen LogP contribution >= 0.6 is 11.6 Å². The highest BCUT2D eigenvalue weighted by atomic mass is 35.5. The molecule has 3 rings (SSSR count). The zero-order chi connectivity index (χ0) is 19.8. The molecule has 1 aromatic carbocycles. The Balaban J connectivity index is 1.74. The van der Waals surface area contributed by atoms with Gasteiger partial charge in [0.15, 0.2) is 0 Å². The van der Waals surface area contributed by atoms with E-state index < -0.39 is 0 Å². The predicted molar refractivity (Wildman–Crippen MR) is 116 cm³/mol. The van der Waals surface area contributed by atoms with Gasteiger partial charge in [0.2, 0.25) is 5.91 Å². The van der Waals surface area contributed by atoms with E-state index in [-0.39, 0.29) is 5.91 Å². The first-order chi connectivity index (χ1) is 13.7. The van der Waals surface area contributed by atoms with Gasteiger partial charge in [-0.05, 0) is 49.6 Å². The molecule has 1 fully saturated rings. The lowest BCUT2D eigenvalue weighted by Crippen LogP contribution is -2.45. The number of nitrogens with zero attached hydrogens (tertiary/aromatic N) is 2. The predicted octanol–water partition coefficient (Wildman–Crippen LogP) is 4.85. The summed E-state index contributed by atoms with van der Waals surface area (Å²) < 4.78 is 2.21. The number of nitrogens with one attached hydrogen (secondary N) is 1. The smallest absolute Gasteiger partial charge is 0.237 e. The Labute approximate surface area is 173 Å². The normalized spacial score (nSPS) is 14.9. The monoisotopic (exact) mass is 401 g/mol. The maximum atomic E-state index is 13.0. The van der Waals surface area contributed by atoms with E-state index in [0.29, 0.717) is 19.1 Å². The third-order valence-electron chi connectivity index (χ3n) is 5.59. The van der Waals surface area contributed by atoms with Gasteiger partial charge in [0.25, 0.3) is 0 Å². The third kappa shape index (κ3) is 5.62. The van der Waals surface area contributed by atoms with E-state index in [2.05, 4.69) is 46.1 Å². The molecule has 0 saturated heterocycles. The molecule has 0 aliphatic heterocycles. The minimum Gasteiger partial charge on any atom is -0.345 e. The summed E-state index contributed by atoms with van der Waals surface area (Å²) in [7, 11) is 0. The number of rotatable bonds is 9. The molecule has 152 valence electrons. The lowest BCUT2D eigenvalue weighted by Gasteiger charge is -2.35. The maximum absolute atomic E-state index is 13.0. The number of hydrogen-bond acceptors (Lipinski definition) is 2. The van der Waals surface area contributed by atoms with Crippen LogP contribution in [0.2, 0.25) is 5.02 Å². The molecule has 0 spiro atoms. The van der Waals surface area contributed by atoms with E-state index in [9.17, 15) is 4.79 Å². The molecule has 1 aromatic heterocycles. The summed E-state index contributed by atoms with van der Waals surface area (Å²) in [6.45, 7) is 4.82. The van der Waals surface area contributed by atoms with Gasteiger partial charge in [0.05, 0.1) is 13.1 Å². The number of aromatic nitrogens is 1. The van der Waals surface area contributed by atoms with Crippen molar-refractivity contribution in [3.8, 4) is 0 Å². The van der Waals surface area contributed by atoms with Crippen LogP contribution in [-0.4, -0.2) is 34.5 Å². The molecule has 2 aromatic rings. The fraction of sp³-hybridized carbons (Fsp3) is 0.522. The standard InChI is InChI=1S/C23H32ClN3O/c1-2-14-25-16-23(28)27(20-10-4-3-5-11-20)18-21-12-8-15-26(21)17-19-9-6-7-13-22(19)24/h6-9,12-13,15,20,25H,2-5,10-11,14,16-18H2,1H3. The second-order valence-corrected chi connectivity index (χ2v) is 8.12. The van der Waals surface area contributed by atoms with Crippen LogP contribution in [0.4, 0.5) is 0 Å². The molecule has 1 saturated carbocycles. The van der Waals surface area contributed by atoms with Crippen molar-refractivity contribution in [1.29, 1.82) is 0 Å². The van der Waals surface area contributed by atoms with E-state index in [0.717, 1.165) is 48.6 Å². The lowest BCUT2D eigenvalue weighted by atomic mass is 9.94. The van der Waals surface area contributed by atoms with E-state index in [1.54, 1.807) is 0 Å². The summed E-state index contributed by atoms with van der Waals surface area (Å²) in [5.41, 5.74) is 2.26. The molecule has 5 heteroatoms. The van der Waals surface area contributed by atoms with Gasteiger partial charge < -0.3 is 14.8 Å². The fourth-order valence-electron chi connectivity index (χ4n) is 4.02. The first-order valence-electron chi connectivity index (χ1n) is 10.6. The molecule has 1 amide bonds. The largest absolute Gasteiger partial charge is 0.345 e. The molecular formula is C23H32ClN3O. The quantitative estimate of drug-likeness (QED) is 0.610. The molecule has 1 aliphatic rings. The Kier molecular flexibility index (Phi) is 7.99. The van der Waals surface area contributed by atoms with Crippen LogP contribution in [0.1, 0.15) is 56.7 Å². The van der Waals surface area contributed by atoms with Crippen LogP contribution in [0, 0.1) is 0 Å². The van der Waals surface area contributed by atoms with Gasteiger partial charge in [-0.2, -0.15) is 0 Å². The SMILES string of the molecule is CCCNCC(=O)N(Cc1cccn1Cc1ccccc1Cl)C1CCCCC1. The van der Waals surface area contributed by atoms with Crippen LogP contribution < -0.4 is 5.32 Å². The second kappa shape index (κ2) is 10.7. The van der Waals surface area contributed by atoms with Crippen molar-refractivity contribution >= 4 is 17.5 Å². The van der Waals surface area contributed by atoms with Gasteiger partial charge in [-0.1, -0.05) is 56.0 Å². The molecule has 0 atom stereocenters. The van der Waals surface area contributed by atoms with Crippen LogP contribution in [0.15, 0.2) is 42.6 Å². The van der Waals surface area contributed by atoms with Gasteiger partial charge in [-0.25, -0.2) is 0 Å². The van der Waals surface area contributed by atoms with Gasteiger partial charge in [-0.15, -0.1) is 0 Å². The van der Waals surface area contributed by atoms with E-state index >= 15 is 0 Å². The van der Waals surface area contributed by atoms with Crippen LogP contribution in [-0.2, 0) is 17.9 Å². The molecule has 1 heterocycles. The first-order valence-corrected chi connectivity index (χ1v) is 10.9. The maximum Gasteiger partial charge on any atom is 0.237 e. The average Bonchev–Trinajstić information content (AvgIpc) is 3.15. The molecular weight excluding hydrogens is 370 g/mol. The number of carbonyl (C=O) groups excluding carboxylic acids is 1. The average molecular weight is 402 g/mol. The zero-order valence-electron chi connectivity index (χ0n) is 16.9. The van der Waals surface area contributed by atoms with E-state index in [1.165, 1.54) is 19.3 Å². The Morgan fingerprint density at radius 2 is 1.96 bits per heavy atom. The highest BCUT2D eigenvalue weighted by Gasteiger charge is 2.26. The summed E-state index contributed by atoms with van der Waals surface area (Å²) in [6, 6.07) is 12.5. The number of halogens is 1. The molecule has 0 bridgehead atoms. The van der Waals surface area contributed by atoms with Gasteiger partial charge in [0, 0.05) is 29.5 Å². The van der Waals surface area contributed by atoms with Crippen molar-refractivity contribution < 1.29 is 4.79 Å². The number of amides is 1. The van der Waals surface area contributed by atoms with Crippen molar-refractivity contribution in [1.82, 2.24) is 14.8 Å². The number of carbonyl (C=O) groups is 1. The minimum atomic E-state index is 0.214. The Morgan fingerprint density at radius 3 is 2.71 bits per heavy atom. The Bertz CT molecular complexity index is 752. The van der Waals surface area contributed by atoms with Crippen LogP contribution in [0.3, 0.4) is 0 Å². The number of benzene rings is 1. The summed E-state index contributed by atoms with van der Waals surface area (Å²) in [5, 5.41) is 4.06. The molecule has 4 nitrogen and oxygen atoms in total. The van der Waals surface area contributed by atoms with E-state index in [1.807, 2.05) is 18.2 Å². The minimum absolute atomic E-state index is 0.214. The van der Waals surface area contributed by atoms with Crippen LogP contribution in [0.25, 0.3) is 0 Å². The first kappa shape index (κ1) is 20.9. The lowest BCUT2D eigenvalue weighted by molar-refractivity contribution is -0.134. The Hall–Kier alpha value is -1.78. The van der Waals surface area contributed by atoms with Gasteiger partial charge >= 0.3 is 0 Å². The molecule has 28 heavy (non-hydrogen) atoms.